The number of para-hydroxylation sites is 1. The van der Waals surface area contributed by atoms with Gasteiger partial charge in [0.1, 0.15) is 12.0 Å². The van der Waals surface area contributed by atoms with Gasteiger partial charge in [0.25, 0.3) is 5.91 Å². The summed E-state index contributed by atoms with van der Waals surface area (Å²) in [6.45, 7) is 1.14. The van der Waals surface area contributed by atoms with E-state index in [0.717, 1.165) is 33.3 Å². The van der Waals surface area contributed by atoms with Crippen LogP contribution in [0.3, 0.4) is 0 Å². The summed E-state index contributed by atoms with van der Waals surface area (Å²) < 4.78 is 0. The van der Waals surface area contributed by atoms with Crippen LogP contribution in [0.5, 0.6) is 0 Å². The zero-order valence-electron chi connectivity index (χ0n) is 15.1. The van der Waals surface area contributed by atoms with E-state index in [4.69, 9.17) is 4.98 Å². The molecule has 5 rings (SSSR count). The molecule has 1 aliphatic heterocycles. The molecule has 0 saturated heterocycles. The van der Waals surface area contributed by atoms with E-state index in [9.17, 15) is 4.79 Å². The minimum Gasteiger partial charge on any atom is -0.332 e. The Morgan fingerprint density at radius 1 is 1.00 bits per heavy atom. The normalized spacial score (nSPS) is 13.1. The molecule has 6 nitrogen and oxygen atoms in total. The Morgan fingerprint density at radius 3 is 2.75 bits per heavy atom. The van der Waals surface area contributed by atoms with Gasteiger partial charge < -0.3 is 4.90 Å². The molecule has 4 aromatic rings. The van der Waals surface area contributed by atoms with E-state index in [1.165, 1.54) is 6.33 Å². The molecule has 0 radical (unpaired) electrons. The maximum atomic E-state index is 12.8. The molecule has 0 unspecified atom stereocenters. The fraction of sp³-hybridized carbons (Fsp3) is 0.136. The van der Waals surface area contributed by atoms with Gasteiger partial charge in [-0.05, 0) is 23.8 Å². The first-order valence-electron chi connectivity index (χ1n) is 9.17. The average Bonchev–Trinajstić information content (AvgIpc) is 3.08. The number of rotatable bonds is 4. The number of hydrogen-bond donors (Lipinski definition) is 0. The Hall–Kier alpha value is -3.67. The number of pyridine rings is 2. The summed E-state index contributed by atoms with van der Waals surface area (Å²) in [5.41, 5.74) is 5.27. The van der Waals surface area contributed by atoms with Gasteiger partial charge in [0.05, 0.1) is 5.52 Å². The summed E-state index contributed by atoms with van der Waals surface area (Å²) in [4.78, 5) is 31.9. The predicted octanol–water partition coefficient (Wildman–Crippen LogP) is 3.29. The van der Waals surface area contributed by atoms with Crippen LogP contribution < -0.4 is 0 Å². The van der Waals surface area contributed by atoms with Crippen LogP contribution >= 0.6 is 0 Å². The smallest absolute Gasteiger partial charge is 0.273 e. The molecule has 3 aromatic heterocycles. The number of carbonyl (C=O) groups excluding carboxylic acids is 1. The highest BCUT2D eigenvalue weighted by molar-refractivity contribution is 5.98. The largest absolute Gasteiger partial charge is 0.332 e. The van der Waals surface area contributed by atoms with Gasteiger partial charge in [0.15, 0.2) is 0 Å². The summed E-state index contributed by atoms with van der Waals surface area (Å²) in [5.74, 6) is -0.0329. The van der Waals surface area contributed by atoms with Crippen molar-refractivity contribution in [3.8, 4) is 11.1 Å². The molecule has 0 N–H and O–H groups in total. The number of amides is 1. The molecular formula is C22H17N5O. The van der Waals surface area contributed by atoms with Gasteiger partial charge in [0, 0.05) is 60.3 Å². The molecule has 1 aromatic carbocycles. The van der Waals surface area contributed by atoms with E-state index in [1.807, 2.05) is 41.3 Å². The highest BCUT2D eigenvalue weighted by Crippen LogP contribution is 2.30. The molecular weight excluding hydrogens is 350 g/mol. The van der Waals surface area contributed by atoms with Crippen LogP contribution in [0.1, 0.15) is 21.7 Å². The monoisotopic (exact) mass is 367 g/mol. The molecule has 4 heterocycles. The van der Waals surface area contributed by atoms with E-state index in [1.54, 1.807) is 18.6 Å². The lowest BCUT2D eigenvalue weighted by Crippen LogP contribution is -2.26. The molecule has 1 aliphatic rings. The summed E-state index contributed by atoms with van der Waals surface area (Å²) in [6.07, 6.45) is 7.39. The lowest BCUT2D eigenvalue weighted by Gasteiger charge is -2.15. The van der Waals surface area contributed by atoms with Gasteiger partial charge in [-0.25, -0.2) is 9.97 Å². The number of aromatic nitrogens is 4. The third-order valence-electron chi connectivity index (χ3n) is 5.06. The lowest BCUT2D eigenvalue weighted by atomic mass is 10.0. The van der Waals surface area contributed by atoms with Crippen LogP contribution in [0.4, 0.5) is 0 Å². The van der Waals surface area contributed by atoms with Crippen LogP contribution in [0.15, 0.2) is 67.4 Å². The van der Waals surface area contributed by atoms with E-state index in [2.05, 4.69) is 21.0 Å². The first-order chi connectivity index (χ1) is 13.8. The molecule has 0 spiro atoms. The number of carbonyl (C=O) groups is 1. The quantitative estimate of drug-likeness (QED) is 0.553. The Bertz CT molecular complexity index is 1180. The van der Waals surface area contributed by atoms with Crippen molar-refractivity contribution in [2.45, 2.75) is 13.0 Å². The molecule has 136 valence electrons. The Morgan fingerprint density at radius 2 is 1.86 bits per heavy atom. The maximum Gasteiger partial charge on any atom is 0.273 e. The molecule has 6 heteroatoms. The van der Waals surface area contributed by atoms with E-state index in [-0.39, 0.29) is 5.91 Å². The van der Waals surface area contributed by atoms with Crippen molar-refractivity contribution >= 4 is 16.8 Å². The molecule has 0 aliphatic carbocycles. The second-order valence-electron chi connectivity index (χ2n) is 6.78. The van der Waals surface area contributed by atoms with E-state index in [0.29, 0.717) is 25.2 Å². The first kappa shape index (κ1) is 16.5. The molecule has 0 atom stereocenters. The van der Waals surface area contributed by atoms with Crippen LogP contribution in [-0.2, 0) is 13.0 Å². The summed E-state index contributed by atoms with van der Waals surface area (Å²) in [7, 11) is 0. The molecule has 1 amide bonds. The van der Waals surface area contributed by atoms with Crippen molar-refractivity contribution in [2.24, 2.45) is 0 Å². The van der Waals surface area contributed by atoms with Gasteiger partial charge >= 0.3 is 0 Å². The Labute approximate surface area is 161 Å². The lowest BCUT2D eigenvalue weighted by molar-refractivity contribution is 0.0776. The summed E-state index contributed by atoms with van der Waals surface area (Å²) in [6, 6.07) is 14.1. The van der Waals surface area contributed by atoms with Crippen molar-refractivity contribution in [3.63, 3.8) is 0 Å². The van der Waals surface area contributed by atoms with Gasteiger partial charge in [-0.15, -0.1) is 0 Å². The summed E-state index contributed by atoms with van der Waals surface area (Å²) >= 11 is 0. The highest BCUT2D eigenvalue weighted by atomic mass is 16.2. The first-order valence-corrected chi connectivity index (χ1v) is 9.17. The standard InChI is InChI=1S/C22H17N5O/c28-22-21-19(18(7-9-25-21)16-11-23-14-24-12-16)13-27(22)10-8-17-6-5-15-3-1-2-4-20(15)26-17/h1-7,9,11-12,14H,8,10,13H2. The van der Waals surface area contributed by atoms with Gasteiger partial charge in [-0.1, -0.05) is 24.3 Å². The highest BCUT2D eigenvalue weighted by Gasteiger charge is 2.30. The average molecular weight is 367 g/mol. The zero-order chi connectivity index (χ0) is 18.9. The Balaban J connectivity index is 1.37. The molecule has 0 fully saturated rings. The fourth-order valence-corrected chi connectivity index (χ4v) is 3.64. The zero-order valence-corrected chi connectivity index (χ0v) is 15.1. The number of benzene rings is 1. The van der Waals surface area contributed by atoms with Crippen LogP contribution in [0.25, 0.3) is 22.0 Å². The second kappa shape index (κ2) is 6.81. The van der Waals surface area contributed by atoms with E-state index >= 15 is 0 Å². The van der Waals surface area contributed by atoms with Crippen molar-refractivity contribution in [1.29, 1.82) is 0 Å². The van der Waals surface area contributed by atoms with Crippen LogP contribution in [-0.4, -0.2) is 37.3 Å². The number of fused-ring (bicyclic) bond motifs is 2. The minimum atomic E-state index is -0.0329. The fourth-order valence-electron chi connectivity index (χ4n) is 3.64. The van der Waals surface area contributed by atoms with Gasteiger partial charge in [-0.2, -0.15) is 0 Å². The third kappa shape index (κ3) is 2.89. The molecule has 28 heavy (non-hydrogen) atoms. The SMILES string of the molecule is O=C1c2nccc(-c3cncnc3)c2CN1CCc1ccc2ccccc2n1. The summed E-state index contributed by atoms with van der Waals surface area (Å²) in [5, 5.41) is 1.12. The third-order valence-corrected chi connectivity index (χ3v) is 5.06. The van der Waals surface area contributed by atoms with Gasteiger partial charge in [0.2, 0.25) is 0 Å². The van der Waals surface area contributed by atoms with Crippen LogP contribution in [0, 0.1) is 0 Å². The number of hydrogen-bond acceptors (Lipinski definition) is 5. The second-order valence-corrected chi connectivity index (χ2v) is 6.78. The molecule has 0 saturated carbocycles. The van der Waals surface area contributed by atoms with Crippen molar-refractivity contribution in [2.75, 3.05) is 6.54 Å². The predicted molar refractivity (Wildman–Crippen MR) is 105 cm³/mol. The van der Waals surface area contributed by atoms with Gasteiger partial charge in [-0.3, -0.25) is 14.8 Å². The number of nitrogens with zero attached hydrogens (tertiary/aromatic N) is 5. The van der Waals surface area contributed by atoms with Crippen molar-refractivity contribution in [3.05, 3.63) is 84.3 Å². The van der Waals surface area contributed by atoms with E-state index < -0.39 is 0 Å². The maximum absolute atomic E-state index is 12.8. The minimum absolute atomic E-state index is 0.0329. The Kier molecular flexibility index (Phi) is 4.01. The molecule has 0 bridgehead atoms. The van der Waals surface area contributed by atoms with Crippen LogP contribution in [0.2, 0.25) is 0 Å². The van der Waals surface area contributed by atoms with Crippen molar-refractivity contribution < 1.29 is 4.79 Å². The van der Waals surface area contributed by atoms with Crippen molar-refractivity contribution in [1.82, 2.24) is 24.8 Å². The topological polar surface area (TPSA) is 71.9 Å².